The molecule has 7 nitrogen and oxygen atoms in total. The number of fused-ring (bicyclic) bond motifs is 1. The van der Waals surface area contributed by atoms with Crippen molar-refractivity contribution in [3.8, 4) is 23.0 Å². The van der Waals surface area contributed by atoms with Crippen molar-refractivity contribution in [2.24, 2.45) is 0 Å². The number of carbonyl (C=O) groups excluding carboxylic acids is 1. The van der Waals surface area contributed by atoms with Crippen molar-refractivity contribution in [3.05, 3.63) is 47.0 Å². The normalized spacial score (nSPS) is 15.3. The van der Waals surface area contributed by atoms with Crippen LogP contribution in [-0.4, -0.2) is 56.9 Å². The Hall–Kier alpha value is -2.93. The number of carbonyl (C=O) groups is 1. The van der Waals surface area contributed by atoms with E-state index in [1.165, 1.54) is 12.1 Å². The summed E-state index contributed by atoms with van der Waals surface area (Å²) in [7, 11) is 0. The second-order valence-corrected chi connectivity index (χ2v) is 9.27. The number of benzene rings is 2. The number of nitrogens with one attached hydrogen (secondary N) is 1. The first-order chi connectivity index (χ1) is 16.4. The van der Waals surface area contributed by atoms with Gasteiger partial charge >= 0.3 is 0 Å². The van der Waals surface area contributed by atoms with Gasteiger partial charge in [0.2, 0.25) is 5.91 Å². The molecule has 5 N–H and O–H groups in total. The second kappa shape index (κ2) is 12.5. The van der Waals surface area contributed by atoms with Crippen LogP contribution in [0.2, 0.25) is 0 Å². The lowest BCUT2D eigenvalue weighted by Crippen LogP contribution is -2.40. The highest BCUT2D eigenvalue weighted by molar-refractivity contribution is 5.78. The van der Waals surface area contributed by atoms with Crippen LogP contribution in [0.4, 0.5) is 0 Å². The van der Waals surface area contributed by atoms with Crippen molar-refractivity contribution in [1.29, 1.82) is 0 Å². The highest BCUT2D eigenvalue weighted by Gasteiger charge is 2.26. The van der Waals surface area contributed by atoms with Gasteiger partial charge in [0.1, 0.15) is 0 Å². The Morgan fingerprint density at radius 2 is 1.74 bits per heavy atom. The van der Waals surface area contributed by atoms with Crippen LogP contribution in [0.15, 0.2) is 30.3 Å². The van der Waals surface area contributed by atoms with Gasteiger partial charge in [-0.2, -0.15) is 0 Å². The highest BCUT2D eigenvalue weighted by Crippen LogP contribution is 2.36. The third kappa shape index (κ3) is 7.03. The number of phenolic OH excluding ortho intramolecular Hbond substituents is 4. The SMILES string of the molecule is CCCN(CCCCCCNC(=O)Cc1ccc(O)c(O)c1)C1CCc2c(ccc(O)c2O)C1. The van der Waals surface area contributed by atoms with Crippen molar-refractivity contribution in [2.75, 3.05) is 19.6 Å². The van der Waals surface area contributed by atoms with Gasteiger partial charge in [0.05, 0.1) is 6.42 Å². The quantitative estimate of drug-likeness (QED) is 0.237. The molecule has 1 atom stereocenters. The molecule has 2 aromatic carbocycles. The molecule has 2 aromatic rings. The summed E-state index contributed by atoms with van der Waals surface area (Å²) in [5, 5.41) is 41.7. The van der Waals surface area contributed by atoms with E-state index in [-0.39, 0.29) is 35.3 Å². The fraction of sp³-hybridized carbons (Fsp3) is 0.519. The molecule has 0 aromatic heterocycles. The molecule has 3 rings (SSSR count). The predicted octanol–water partition coefficient (Wildman–Crippen LogP) is 4.00. The molecule has 0 heterocycles. The van der Waals surface area contributed by atoms with Gasteiger partial charge in [-0.3, -0.25) is 4.79 Å². The van der Waals surface area contributed by atoms with Crippen molar-refractivity contribution >= 4 is 5.91 Å². The molecule has 1 aliphatic rings. The summed E-state index contributed by atoms with van der Waals surface area (Å²) < 4.78 is 0. The number of unbranched alkanes of at least 4 members (excludes halogenated alkanes) is 3. The van der Waals surface area contributed by atoms with Crippen LogP contribution in [-0.2, 0) is 24.1 Å². The average molecular weight is 471 g/mol. The molecule has 0 saturated carbocycles. The van der Waals surface area contributed by atoms with Gasteiger partial charge in [-0.05, 0) is 80.9 Å². The Kier molecular flexibility index (Phi) is 9.45. The molecular weight excluding hydrogens is 432 g/mol. The Morgan fingerprint density at radius 3 is 2.50 bits per heavy atom. The summed E-state index contributed by atoms with van der Waals surface area (Å²) in [6.45, 7) is 4.95. The van der Waals surface area contributed by atoms with E-state index in [1.54, 1.807) is 12.1 Å². The topological polar surface area (TPSA) is 113 Å². The van der Waals surface area contributed by atoms with E-state index in [0.29, 0.717) is 18.2 Å². The van der Waals surface area contributed by atoms with Crippen molar-refractivity contribution < 1.29 is 25.2 Å². The smallest absolute Gasteiger partial charge is 0.224 e. The summed E-state index contributed by atoms with van der Waals surface area (Å²) in [5.74, 6) is -0.465. The third-order valence-electron chi connectivity index (χ3n) is 6.67. The van der Waals surface area contributed by atoms with Gasteiger partial charge < -0.3 is 30.6 Å². The number of hydrogen-bond donors (Lipinski definition) is 5. The van der Waals surface area contributed by atoms with E-state index in [2.05, 4.69) is 17.1 Å². The van der Waals surface area contributed by atoms with Gasteiger partial charge in [-0.1, -0.05) is 31.9 Å². The van der Waals surface area contributed by atoms with Crippen LogP contribution < -0.4 is 5.32 Å². The summed E-state index contributed by atoms with van der Waals surface area (Å²) in [6, 6.07) is 8.44. The number of hydrogen-bond acceptors (Lipinski definition) is 6. The van der Waals surface area contributed by atoms with Crippen LogP contribution in [0.1, 0.15) is 62.1 Å². The molecule has 0 saturated heterocycles. The average Bonchev–Trinajstić information content (AvgIpc) is 2.82. The number of phenols is 4. The fourth-order valence-electron chi connectivity index (χ4n) is 4.83. The lowest BCUT2D eigenvalue weighted by molar-refractivity contribution is -0.120. The van der Waals surface area contributed by atoms with Crippen molar-refractivity contribution in [3.63, 3.8) is 0 Å². The van der Waals surface area contributed by atoms with Crippen molar-refractivity contribution in [2.45, 2.75) is 70.8 Å². The Balaban J connectivity index is 1.34. The first-order valence-corrected chi connectivity index (χ1v) is 12.4. The van der Waals surface area contributed by atoms with Crippen LogP contribution in [0, 0.1) is 0 Å². The van der Waals surface area contributed by atoms with Gasteiger partial charge in [0.25, 0.3) is 0 Å². The van der Waals surface area contributed by atoms with E-state index in [9.17, 15) is 25.2 Å². The second-order valence-electron chi connectivity index (χ2n) is 9.27. The van der Waals surface area contributed by atoms with E-state index in [4.69, 9.17) is 0 Å². The number of aromatic hydroxyl groups is 4. The predicted molar refractivity (Wildman–Crippen MR) is 132 cm³/mol. The summed E-state index contributed by atoms with van der Waals surface area (Å²) in [4.78, 5) is 14.6. The summed E-state index contributed by atoms with van der Waals surface area (Å²) in [5.41, 5.74) is 2.71. The Bertz CT molecular complexity index is 962. The molecule has 0 spiro atoms. The summed E-state index contributed by atoms with van der Waals surface area (Å²) >= 11 is 0. The minimum Gasteiger partial charge on any atom is -0.504 e. The van der Waals surface area contributed by atoms with Gasteiger partial charge in [0, 0.05) is 18.2 Å². The Morgan fingerprint density at radius 1 is 0.971 bits per heavy atom. The van der Waals surface area contributed by atoms with Crippen LogP contribution in [0.5, 0.6) is 23.0 Å². The molecule has 0 fully saturated rings. The molecule has 186 valence electrons. The molecule has 0 bridgehead atoms. The zero-order valence-corrected chi connectivity index (χ0v) is 20.1. The molecule has 0 aliphatic heterocycles. The van der Waals surface area contributed by atoms with Crippen molar-refractivity contribution in [1.82, 2.24) is 10.2 Å². The van der Waals surface area contributed by atoms with Crippen LogP contribution in [0.25, 0.3) is 0 Å². The van der Waals surface area contributed by atoms with E-state index in [0.717, 1.165) is 75.6 Å². The standard InChI is InChI=1S/C27H38N2O5/c1-2-14-29(21-9-10-22-20(18-21)8-12-24(31)27(22)34)15-6-4-3-5-13-28-26(33)17-19-7-11-23(30)25(32)16-19/h7-8,11-12,16,21,30-32,34H,2-6,9-10,13-15,17-18H2,1H3,(H,28,33). The number of amides is 1. The zero-order chi connectivity index (χ0) is 24.5. The monoisotopic (exact) mass is 470 g/mol. The van der Waals surface area contributed by atoms with Gasteiger partial charge in [-0.15, -0.1) is 0 Å². The molecule has 1 unspecified atom stereocenters. The molecule has 1 amide bonds. The molecule has 0 radical (unpaired) electrons. The van der Waals surface area contributed by atoms with E-state index < -0.39 is 0 Å². The Labute approximate surface area is 202 Å². The zero-order valence-electron chi connectivity index (χ0n) is 20.1. The maximum absolute atomic E-state index is 12.1. The maximum Gasteiger partial charge on any atom is 0.224 e. The molecule has 1 aliphatic carbocycles. The maximum atomic E-state index is 12.1. The summed E-state index contributed by atoms with van der Waals surface area (Å²) in [6.07, 6.45) is 8.20. The first-order valence-electron chi connectivity index (χ1n) is 12.4. The minimum atomic E-state index is -0.211. The lowest BCUT2D eigenvalue weighted by atomic mass is 9.86. The number of rotatable bonds is 12. The third-order valence-corrected chi connectivity index (χ3v) is 6.67. The first kappa shape index (κ1) is 25.7. The van der Waals surface area contributed by atoms with E-state index in [1.807, 2.05) is 6.07 Å². The highest BCUT2D eigenvalue weighted by atomic mass is 16.3. The number of nitrogens with zero attached hydrogens (tertiary/aromatic N) is 1. The lowest BCUT2D eigenvalue weighted by Gasteiger charge is -2.35. The van der Waals surface area contributed by atoms with E-state index >= 15 is 0 Å². The minimum absolute atomic E-state index is 0.0292. The van der Waals surface area contributed by atoms with Gasteiger partial charge in [-0.25, -0.2) is 0 Å². The fourth-order valence-corrected chi connectivity index (χ4v) is 4.83. The molecule has 7 heteroatoms. The molecular formula is C27H38N2O5. The van der Waals surface area contributed by atoms with Crippen LogP contribution in [0.3, 0.4) is 0 Å². The molecule has 34 heavy (non-hydrogen) atoms. The van der Waals surface area contributed by atoms with Gasteiger partial charge in [0.15, 0.2) is 23.0 Å². The van der Waals surface area contributed by atoms with Crippen LogP contribution >= 0.6 is 0 Å². The largest absolute Gasteiger partial charge is 0.504 e.